The maximum atomic E-state index is 11.4. The number of thiol groups is 1. The van der Waals surface area contributed by atoms with Crippen LogP contribution in [0.4, 0.5) is 0 Å². The molecule has 0 spiro atoms. The van der Waals surface area contributed by atoms with Gasteiger partial charge in [0.25, 0.3) is 0 Å². The number of hydrogen-bond donors (Lipinski definition) is 2. The first-order chi connectivity index (χ1) is 7.63. The van der Waals surface area contributed by atoms with Crippen molar-refractivity contribution in [2.45, 2.75) is 19.1 Å². The molecule has 1 unspecified atom stereocenters. The first kappa shape index (κ1) is 13.4. The van der Waals surface area contributed by atoms with Gasteiger partial charge in [0, 0.05) is 5.02 Å². The Kier molecular flexibility index (Phi) is 5.66. The molecule has 1 aromatic carbocycles. The van der Waals surface area contributed by atoms with E-state index in [-0.39, 0.29) is 6.61 Å². The van der Waals surface area contributed by atoms with Crippen molar-refractivity contribution >= 4 is 30.2 Å². The zero-order valence-corrected chi connectivity index (χ0v) is 10.4. The van der Waals surface area contributed by atoms with E-state index in [2.05, 4.69) is 12.6 Å². The molecule has 0 saturated heterocycles. The molecule has 16 heavy (non-hydrogen) atoms. The van der Waals surface area contributed by atoms with Crippen LogP contribution in [-0.2, 0) is 16.1 Å². The molecule has 0 amide bonds. The lowest BCUT2D eigenvalue weighted by atomic mass is 10.2. The number of hydrogen-bond acceptors (Lipinski definition) is 4. The molecule has 0 aliphatic heterocycles. The molecule has 0 aromatic heterocycles. The van der Waals surface area contributed by atoms with Crippen LogP contribution in [-0.4, -0.2) is 17.8 Å². The number of esters is 1. The predicted molar refractivity (Wildman–Crippen MR) is 67.7 cm³/mol. The van der Waals surface area contributed by atoms with E-state index in [9.17, 15) is 4.79 Å². The molecule has 3 nitrogen and oxygen atoms in total. The van der Waals surface area contributed by atoms with Gasteiger partial charge in [0.1, 0.15) is 12.6 Å². The van der Waals surface area contributed by atoms with Crippen molar-refractivity contribution in [2.24, 2.45) is 5.73 Å². The smallest absolute Gasteiger partial charge is 0.323 e. The molecule has 0 saturated carbocycles. The Morgan fingerprint density at radius 1 is 1.56 bits per heavy atom. The highest BCUT2D eigenvalue weighted by molar-refractivity contribution is 7.80. The highest BCUT2D eigenvalue weighted by Crippen LogP contribution is 2.11. The molecule has 1 aromatic rings. The maximum absolute atomic E-state index is 11.4. The van der Waals surface area contributed by atoms with Crippen molar-refractivity contribution in [1.29, 1.82) is 0 Å². The number of halogens is 1. The summed E-state index contributed by atoms with van der Waals surface area (Å²) in [6.07, 6.45) is 0.511. The van der Waals surface area contributed by atoms with Crippen molar-refractivity contribution in [3.63, 3.8) is 0 Å². The Morgan fingerprint density at radius 2 is 2.31 bits per heavy atom. The molecule has 0 radical (unpaired) electrons. The summed E-state index contributed by atoms with van der Waals surface area (Å²) in [6, 6.07) is 6.55. The van der Waals surface area contributed by atoms with Gasteiger partial charge in [-0.25, -0.2) is 0 Å². The van der Waals surface area contributed by atoms with Crippen molar-refractivity contribution in [3.8, 4) is 0 Å². The van der Waals surface area contributed by atoms with Gasteiger partial charge in [-0.3, -0.25) is 4.79 Å². The van der Waals surface area contributed by atoms with Crippen LogP contribution in [0.3, 0.4) is 0 Å². The Morgan fingerprint density at radius 3 is 2.94 bits per heavy atom. The molecule has 0 aliphatic carbocycles. The summed E-state index contributed by atoms with van der Waals surface area (Å²) in [7, 11) is 0. The predicted octanol–water partition coefficient (Wildman–Crippen LogP) is 2.03. The zero-order valence-electron chi connectivity index (χ0n) is 8.73. The zero-order chi connectivity index (χ0) is 12.0. The fraction of sp³-hybridized carbons (Fsp3) is 0.364. The number of ether oxygens (including phenoxy) is 1. The van der Waals surface area contributed by atoms with E-state index in [4.69, 9.17) is 22.1 Å². The Balaban J connectivity index is 2.42. The summed E-state index contributed by atoms with van der Waals surface area (Å²) in [5, 5.41) is 0.619. The summed E-state index contributed by atoms with van der Waals surface area (Å²) in [5.74, 6) is 0.155. The third-order valence-electron chi connectivity index (χ3n) is 2.01. The van der Waals surface area contributed by atoms with Gasteiger partial charge < -0.3 is 10.5 Å². The molecule has 0 heterocycles. The summed E-state index contributed by atoms with van der Waals surface area (Å²) in [5.41, 5.74) is 6.42. The molecule has 0 fully saturated rings. The third-order valence-corrected chi connectivity index (χ3v) is 2.51. The average Bonchev–Trinajstić information content (AvgIpc) is 2.26. The SMILES string of the molecule is NC(CCS)C(=O)OCc1cccc(Cl)c1. The quantitative estimate of drug-likeness (QED) is 0.628. The van der Waals surface area contributed by atoms with Gasteiger partial charge in [0.05, 0.1) is 0 Å². The monoisotopic (exact) mass is 259 g/mol. The van der Waals surface area contributed by atoms with Crippen molar-refractivity contribution in [2.75, 3.05) is 5.75 Å². The van der Waals surface area contributed by atoms with E-state index in [1.807, 2.05) is 6.07 Å². The lowest BCUT2D eigenvalue weighted by molar-refractivity contribution is -0.146. The Bertz CT molecular complexity index is 360. The second-order valence-electron chi connectivity index (χ2n) is 3.36. The number of benzene rings is 1. The van der Waals surface area contributed by atoms with Gasteiger partial charge in [0.15, 0.2) is 0 Å². The van der Waals surface area contributed by atoms with E-state index in [0.717, 1.165) is 5.56 Å². The average molecular weight is 260 g/mol. The van der Waals surface area contributed by atoms with Crippen molar-refractivity contribution < 1.29 is 9.53 Å². The molecule has 5 heteroatoms. The minimum Gasteiger partial charge on any atom is -0.460 e. The van der Waals surface area contributed by atoms with Crippen molar-refractivity contribution in [1.82, 2.24) is 0 Å². The van der Waals surface area contributed by atoms with Crippen LogP contribution < -0.4 is 5.73 Å². The summed E-state index contributed by atoms with van der Waals surface area (Å²) in [6.45, 7) is 0.194. The standard InChI is InChI=1S/C11H14ClNO2S/c12-9-3-1-2-8(6-9)7-15-11(14)10(13)4-5-16/h1-3,6,10,16H,4-5,7,13H2. The van der Waals surface area contributed by atoms with E-state index in [1.165, 1.54) is 0 Å². The second kappa shape index (κ2) is 6.78. The van der Waals surface area contributed by atoms with Crippen LogP contribution in [0, 0.1) is 0 Å². The van der Waals surface area contributed by atoms with Crippen LogP contribution in [0.2, 0.25) is 5.02 Å². The molecule has 1 atom stereocenters. The summed E-state index contributed by atoms with van der Waals surface area (Å²) >= 11 is 9.80. The largest absolute Gasteiger partial charge is 0.460 e. The highest BCUT2D eigenvalue weighted by Gasteiger charge is 2.13. The lowest BCUT2D eigenvalue weighted by Crippen LogP contribution is -2.32. The van der Waals surface area contributed by atoms with E-state index < -0.39 is 12.0 Å². The highest BCUT2D eigenvalue weighted by atomic mass is 35.5. The van der Waals surface area contributed by atoms with Crippen LogP contribution in [0.5, 0.6) is 0 Å². The number of carbonyl (C=O) groups excluding carboxylic acids is 1. The Hall–Kier alpha value is -0.710. The fourth-order valence-corrected chi connectivity index (χ4v) is 1.64. The first-order valence-corrected chi connectivity index (χ1v) is 5.92. The molecule has 88 valence electrons. The molecule has 0 bridgehead atoms. The normalized spacial score (nSPS) is 12.2. The minimum atomic E-state index is -0.600. The van der Waals surface area contributed by atoms with Gasteiger partial charge in [-0.05, 0) is 29.9 Å². The first-order valence-electron chi connectivity index (χ1n) is 4.91. The van der Waals surface area contributed by atoms with Gasteiger partial charge in [-0.2, -0.15) is 12.6 Å². The second-order valence-corrected chi connectivity index (χ2v) is 4.24. The van der Waals surface area contributed by atoms with Crippen molar-refractivity contribution in [3.05, 3.63) is 34.9 Å². The summed E-state index contributed by atoms with van der Waals surface area (Å²) < 4.78 is 5.04. The topological polar surface area (TPSA) is 52.3 Å². The molecule has 2 N–H and O–H groups in total. The lowest BCUT2D eigenvalue weighted by Gasteiger charge is -2.10. The summed E-state index contributed by atoms with van der Waals surface area (Å²) in [4.78, 5) is 11.4. The Labute approximate surface area is 105 Å². The van der Waals surface area contributed by atoms with E-state index >= 15 is 0 Å². The van der Waals surface area contributed by atoms with Gasteiger partial charge >= 0.3 is 5.97 Å². The maximum Gasteiger partial charge on any atom is 0.323 e. The molecule has 0 aliphatic rings. The van der Waals surface area contributed by atoms with Gasteiger partial charge in [0.2, 0.25) is 0 Å². The minimum absolute atomic E-state index is 0.194. The van der Waals surface area contributed by atoms with E-state index in [0.29, 0.717) is 17.2 Å². The number of nitrogens with two attached hydrogens (primary N) is 1. The number of carbonyl (C=O) groups is 1. The van der Waals surface area contributed by atoms with Crippen LogP contribution in [0.1, 0.15) is 12.0 Å². The molecular formula is C11H14ClNO2S. The van der Waals surface area contributed by atoms with Crippen LogP contribution >= 0.6 is 24.2 Å². The molecule has 1 rings (SSSR count). The fourth-order valence-electron chi connectivity index (χ4n) is 1.15. The van der Waals surface area contributed by atoms with Crippen LogP contribution in [0.25, 0.3) is 0 Å². The molecular weight excluding hydrogens is 246 g/mol. The third kappa shape index (κ3) is 4.43. The number of rotatable bonds is 5. The van der Waals surface area contributed by atoms with Gasteiger partial charge in [-0.1, -0.05) is 23.7 Å². The van der Waals surface area contributed by atoms with Gasteiger partial charge in [-0.15, -0.1) is 0 Å². The van der Waals surface area contributed by atoms with Crippen LogP contribution in [0.15, 0.2) is 24.3 Å². The van der Waals surface area contributed by atoms with E-state index in [1.54, 1.807) is 18.2 Å².